The first-order valence-electron chi connectivity index (χ1n) is 10.4. The van der Waals surface area contributed by atoms with E-state index in [0.717, 1.165) is 49.7 Å². The number of nitrogens with zero attached hydrogens (tertiary/aromatic N) is 4. The molecule has 29 heavy (non-hydrogen) atoms. The Morgan fingerprint density at radius 3 is 2.72 bits per heavy atom. The summed E-state index contributed by atoms with van der Waals surface area (Å²) < 4.78 is 5.45. The Labute approximate surface area is 172 Å². The van der Waals surface area contributed by atoms with Crippen LogP contribution in [0.5, 0.6) is 0 Å². The van der Waals surface area contributed by atoms with Gasteiger partial charge in [0.2, 0.25) is 5.95 Å². The topological polar surface area (TPSA) is 70.6 Å². The first-order chi connectivity index (χ1) is 14.1. The quantitative estimate of drug-likeness (QED) is 0.858. The molecule has 1 amide bonds. The molecule has 1 aromatic carbocycles. The van der Waals surface area contributed by atoms with Crippen LogP contribution in [0.25, 0.3) is 0 Å². The van der Waals surface area contributed by atoms with Crippen LogP contribution >= 0.6 is 0 Å². The van der Waals surface area contributed by atoms with Crippen LogP contribution < -0.4 is 15.1 Å². The number of rotatable bonds is 4. The van der Waals surface area contributed by atoms with Crippen LogP contribution in [-0.4, -0.2) is 55.3 Å². The number of morpholine rings is 1. The van der Waals surface area contributed by atoms with Gasteiger partial charge in [0, 0.05) is 31.9 Å². The molecule has 1 aromatic heterocycles. The highest BCUT2D eigenvalue weighted by atomic mass is 16.5. The Morgan fingerprint density at radius 2 is 1.93 bits per heavy atom. The van der Waals surface area contributed by atoms with E-state index in [9.17, 15) is 4.79 Å². The van der Waals surface area contributed by atoms with Crippen molar-refractivity contribution in [3.63, 3.8) is 0 Å². The number of amides is 1. The molecule has 2 aliphatic heterocycles. The summed E-state index contributed by atoms with van der Waals surface area (Å²) >= 11 is 0. The number of carbonyl (C=O) groups is 1. The van der Waals surface area contributed by atoms with Gasteiger partial charge in [-0.25, -0.2) is 9.97 Å². The molecule has 2 fully saturated rings. The van der Waals surface area contributed by atoms with E-state index in [2.05, 4.69) is 32.0 Å². The minimum Gasteiger partial charge on any atom is -0.378 e. The molecule has 1 unspecified atom stereocenters. The van der Waals surface area contributed by atoms with E-state index in [1.165, 1.54) is 6.42 Å². The summed E-state index contributed by atoms with van der Waals surface area (Å²) in [6.45, 7) is 9.07. The summed E-state index contributed by atoms with van der Waals surface area (Å²) in [4.78, 5) is 26.7. The van der Waals surface area contributed by atoms with Crippen LogP contribution in [0, 0.1) is 12.8 Å². The van der Waals surface area contributed by atoms with Crippen molar-refractivity contribution in [3.8, 4) is 0 Å². The third kappa shape index (κ3) is 4.67. The molecule has 1 N–H and O–H groups in total. The lowest BCUT2D eigenvalue weighted by Crippen LogP contribution is -2.37. The molecule has 0 bridgehead atoms. The Hall–Kier alpha value is -2.67. The highest BCUT2D eigenvalue weighted by Crippen LogP contribution is 2.27. The number of anilines is 3. The summed E-state index contributed by atoms with van der Waals surface area (Å²) in [5.41, 5.74) is 3.02. The third-order valence-electron chi connectivity index (χ3n) is 5.52. The molecule has 2 aliphatic rings. The largest absolute Gasteiger partial charge is 0.378 e. The fourth-order valence-corrected chi connectivity index (χ4v) is 4.03. The number of piperidine rings is 1. The van der Waals surface area contributed by atoms with Gasteiger partial charge in [0.05, 0.1) is 24.6 Å². The SMILES string of the molecule is Cc1cc(C(=O)Nc2ccccc2N2CCOCC2)nc(N2CCCC(C)C2)n1. The standard InChI is InChI=1S/C22H29N5O2/c1-16-6-5-9-27(15-16)22-23-17(2)14-19(25-22)21(28)24-18-7-3-4-8-20(18)26-10-12-29-13-11-26/h3-4,7-8,14,16H,5-6,9-13,15H2,1-2H3,(H,24,28). The summed E-state index contributed by atoms with van der Waals surface area (Å²) in [5.74, 6) is 1.07. The van der Waals surface area contributed by atoms with Crippen molar-refractivity contribution < 1.29 is 9.53 Å². The monoisotopic (exact) mass is 395 g/mol. The fourth-order valence-electron chi connectivity index (χ4n) is 4.03. The van der Waals surface area contributed by atoms with Gasteiger partial charge in [0.1, 0.15) is 5.69 Å². The molecule has 2 saturated heterocycles. The van der Waals surface area contributed by atoms with Crippen molar-refractivity contribution in [1.82, 2.24) is 9.97 Å². The lowest BCUT2D eigenvalue weighted by atomic mass is 10.0. The number of para-hydroxylation sites is 2. The Balaban J connectivity index is 1.55. The molecule has 154 valence electrons. The number of hydrogen-bond donors (Lipinski definition) is 1. The van der Waals surface area contributed by atoms with Gasteiger partial charge in [-0.3, -0.25) is 4.79 Å². The normalized spacial score (nSPS) is 19.9. The van der Waals surface area contributed by atoms with E-state index in [1.807, 2.05) is 31.2 Å². The van der Waals surface area contributed by atoms with Gasteiger partial charge in [-0.05, 0) is 43.9 Å². The van der Waals surface area contributed by atoms with Crippen LogP contribution in [0.15, 0.2) is 30.3 Å². The average Bonchev–Trinajstić information content (AvgIpc) is 2.74. The maximum absolute atomic E-state index is 13.0. The number of benzene rings is 1. The highest BCUT2D eigenvalue weighted by Gasteiger charge is 2.21. The number of aromatic nitrogens is 2. The lowest BCUT2D eigenvalue weighted by Gasteiger charge is -2.31. The average molecular weight is 396 g/mol. The molecule has 3 heterocycles. The molecule has 1 atom stereocenters. The predicted octanol–water partition coefficient (Wildman–Crippen LogP) is 3.11. The molecule has 0 radical (unpaired) electrons. The number of carbonyl (C=O) groups excluding carboxylic acids is 1. The molecular weight excluding hydrogens is 366 g/mol. The van der Waals surface area contributed by atoms with E-state index in [-0.39, 0.29) is 5.91 Å². The Kier molecular flexibility index (Phi) is 5.94. The second-order valence-corrected chi connectivity index (χ2v) is 7.96. The number of ether oxygens (including phenoxy) is 1. The molecule has 4 rings (SSSR count). The fraction of sp³-hybridized carbons (Fsp3) is 0.500. The Morgan fingerprint density at radius 1 is 1.14 bits per heavy atom. The van der Waals surface area contributed by atoms with Crippen molar-refractivity contribution >= 4 is 23.2 Å². The molecule has 2 aromatic rings. The van der Waals surface area contributed by atoms with Crippen molar-refractivity contribution in [2.75, 3.05) is 54.5 Å². The smallest absolute Gasteiger partial charge is 0.274 e. The second-order valence-electron chi connectivity index (χ2n) is 7.96. The van der Waals surface area contributed by atoms with Gasteiger partial charge in [0.15, 0.2) is 0 Å². The van der Waals surface area contributed by atoms with Gasteiger partial charge in [-0.2, -0.15) is 0 Å². The summed E-state index contributed by atoms with van der Waals surface area (Å²) in [6.07, 6.45) is 2.36. The van der Waals surface area contributed by atoms with Gasteiger partial charge in [0.25, 0.3) is 5.91 Å². The van der Waals surface area contributed by atoms with Gasteiger partial charge < -0.3 is 19.9 Å². The molecule has 0 spiro atoms. The van der Waals surface area contributed by atoms with Crippen LogP contribution in [0.2, 0.25) is 0 Å². The molecule has 7 heteroatoms. The maximum Gasteiger partial charge on any atom is 0.274 e. The molecule has 7 nitrogen and oxygen atoms in total. The zero-order valence-corrected chi connectivity index (χ0v) is 17.2. The second kappa shape index (κ2) is 8.78. The van der Waals surface area contributed by atoms with Crippen LogP contribution in [-0.2, 0) is 4.74 Å². The van der Waals surface area contributed by atoms with E-state index in [4.69, 9.17) is 4.74 Å². The van der Waals surface area contributed by atoms with E-state index in [1.54, 1.807) is 6.07 Å². The Bertz CT molecular complexity index is 866. The molecule has 0 saturated carbocycles. The van der Waals surface area contributed by atoms with E-state index in [0.29, 0.717) is 30.8 Å². The summed E-state index contributed by atoms with van der Waals surface area (Å²) in [6, 6.07) is 9.65. The number of nitrogens with one attached hydrogen (secondary N) is 1. The minimum absolute atomic E-state index is 0.206. The zero-order valence-electron chi connectivity index (χ0n) is 17.2. The highest BCUT2D eigenvalue weighted by molar-refractivity contribution is 6.04. The number of hydrogen-bond acceptors (Lipinski definition) is 6. The first-order valence-corrected chi connectivity index (χ1v) is 10.4. The first kappa shape index (κ1) is 19.6. The van der Waals surface area contributed by atoms with Crippen LogP contribution in [0.3, 0.4) is 0 Å². The molecule has 0 aliphatic carbocycles. The van der Waals surface area contributed by atoms with E-state index >= 15 is 0 Å². The zero-order chi connectivity index (χ0) is 20.2. The maximum atomic E-state index is 13.0. The van der Waals surface area contributed by atoms with E-state index < -0.39 is 0 Å². The van der Waals surface area contributed by atoms with Crippen molar-refractivity contribution in [2.45, 2.75) is 26.7 Å². The van der Waals surface area contributed by atoms with Crippen molar-refractivity contribution in [1.29, 1.82) is 0 Å². The summed E-state index contributed by atoms with van der Waals surface area (Å²) in [5, 5.41) is 3.06. The van der Waals surface area contributed by atoms with Crippen LogP contribution in [0.4, 0.5) is 17.3 Å². The van der Waals surface area contributed by atoms with Crippen molar-refractivity contribution in [3.05, 3.63) is 41.7 Å². The minimum atomic E-state index is -0.206. The predicted molar refractivity (Wildman–Crippen MR) is 115 cm³/mol. The van der Waals surface area contributed by atoms with Gasteiger partial charge in [-0.15, -0.1) is 0 Å². The van der Waals surface area contributed by atoms with Crippen molar-refractivity contribution in [2.24, 2.45) is 5.92 Å². The lowest BCUT2D eigenvalue weighted by molar-refractivity contribution is 0.102. The number of aryl methyl sites for hydroxylation is 1. The van der Waals surface area contributed by atoms with Crippen LogP contribution in [0.1, 0.15) is 35.9 Å². The van der Waals surface area contributed by atoms with Gasteiger partial charge >= 0.3 is 0 Å². The third-order valence-corrected chi connectivity index (χ3v) is 5.52. The van der Waals surface area contributed by atoms with Gasteiger partial charge in [-0.1, -0.05) is 19.1 Å². The molecular formula is C22H29N5O2. The summed E-state index contributed by atoms with van der Waals surface area (Å²) in [7, 11) is 0.